The maximum atomic E-state index is 11.3. The van der Waals surface area contributed by atoms with Crippen LogP contribution in [0.4, 0.5) is 4.79 Å². The zero-order chi connectivity index (χ0) is 15.4. The van der Waals surface area contributed by atoms with Crippen molar-refractivity contribution in [3.8, 4) is 11.1 Å². The Hall–Kier alpha value is -2.36. The van der Waals surface area contributed by atoms with Crippen LogP contribution in [0, 0.1) is 0 Å². The van der Waals surface area contributed by atoms with Gasteiger partial charge >= 0.3 is 6.09 Å². The summed E-state index contributed by atoms with van der Waals surface area (Å²) in [6.45, 7) is 0.637. The Balaban J connectivity index is 1.79. The van der Waals surface area contributed by atoms with Crippen LogP contribution in [-0.2, 0) is 6.42 Å². The minimum Gasteiger partial charge on any atom is -0.465 e. The second-order valence-electron chi connectivity index (χ2n) is 5.73. The summed E-state index contributed by atoms with van der Waals surface area (Å²) in [6.07, 6.45) is 4.65. The Labute approximate surface area is 130 Å². The van der Waals surface area contributed by atoms with Crippen LogP contribution in [-0.4, -0.2) is 33.7 Å². The number of carbonyl (C=O) groups is 1. The molecule has 2 aromatic rings. The number of nitrogens with zero attached hydrogens (tertiary/aromatic N) is 2. The molecule has 1 aromatic carbocycles. The fraction of sp³-hybridized carbons (Fsp3) is 0.333. The maximum absolute atomic E-state index is 11.3. The zero-order valence-electron chi connectivity index (χ0n) is 12.5. The molecule has 1 aliphatic rings. The van der Waals surface area contributed by atoms with Gasteiger partial charge in [-0.1, -0.05) is 30.3 Å². The SMILES string of the molecule is O=C(O)N1CCCCC1Cc1cc(-c2ccccc2)ccn1. The summed E-state index contributed by atoms with van der Waals surface area (Å²) in [5, 5.41) is 9.32. The summed E-state index contributed by atoms with van der Waals surface area (Å²) in [5.74, 6) is 0. The normalized spacial score (nSPS) is 18.2. The van der Waals surface area contributed by atoms with Crippen LogP contribution in [0.2, 0.25) is 0 Å². The summed E-state index contributed by atoms with van der Waals surface area (Å²) in [6, 6.07) is 14.3. The van der Waals surface area contributed by atoms with Gasteiger partial charge in [0.05, 0.1) is 0 Å². The number of amides is 1. The number of rotatable bonds is 3. The van der Waals surface area contributed by atoms with Crippen LogP contribution in [0.25, 0.3) is 11.1 Å². The largest absolute Gasteiger partial charge is 0.465 e. The molecule has 4 heteroatoms. The van der Waals surface area contributed by atoms with Crippen LogP contribution in [0.15, 0.2) is 48.7 Å². The van der Waals surface area contributed by atoms with Crippen LogP contribution < -0.4 is 0 Å². The monoisotopic (exact) mass is 296 g/mol. The highest BCUT2D eigenvalue weighted by molar-refractivity contribution is 5.66. The molecule has 1 aliphatic heterocycles. The standard InChI is InChI=1S/C18H20N2O2/c21-18(22)20-11-5-4-8-17(20)13-16-12-15(9-10-19-16)14-6-2-1-3-7-14/h1-3,6-7,9-10,12,17H,4-5,8,11,13H2,(H,21,22). The Kier molecular flexibility index (Phi) is 4.37. The molecule has 1 saturated heterocycles. The molecule has 1 N–H and O–H groups in total. The predicted molar refractivity (Wildman–Crippen MR) is 85.7 cm³/mol. The minimum atomic E-state index is -0.816. The van der Waals surface area contributed by atoms with Gasteiger partial charge in [0.25, 0.3) is 0 Å². The number of aromatic nitrogens is 1. The molecular formula is C18H20N2O2. The van der Waals surface area contributed by atoms with E-state index in [1.807, 2.05) is 30.5 Å². The highest BCUT2D eigenvalue weighted by atomic mass is 16.4. The van der Waals surface area contributed by atoms with Gasteiger partial charge in [-0.2, -0.15) is 0 Å². The first-order valence-electron chi connectivity index (χ1n) is 7.74. The van der Waals surface area contributed by atoms with E-state index in [-0.39, 0.29) is 6.04 Å². The Morgan fingerprint density at radius 3 is 2.77 bits per heavy atom. The van der Waals surface area contributed by atoms with E-state index in [4.69, 9.17) is 0 Å². The van der Waals surface area contributed by atoms with Gasteiger partial charge in [0.2, 0.25) is 0 Å². The molecule has 3 rings (SSSR count). The lowest BCUT2D eigenvalue weighted by atomic mass is 9.97. The van der Waals surface area contributed by atoms with Gasteiger partial charge in [0.1, 0.15) is 0 Å². The molecule has 0 radical (unpaired) electrons. The number of benzene rings is 1. The van der Waals surface area contributed by atoms with E-state index in [1.54, 1.807) is 4.90 Å². The van der Waals surface area contributed by atoms with Gasteiger partial charge in [-0.05, 0) is 42.5 Å². The quantitative estimate of drug-likeness (QED) is 0.936. The summed E-state index contributed by atoms with van der Waals surface area (Å²) in [4.78, 5) is 17.4. The third kappa shape index (κ3) is 3.27. The predicted octanol–water partition coefficient (Wildman–Crippen LogP) is 3.82. The fourth-order valence-electron chi connectivity index (χ4n) is 3.11. The third-order valence-electron chi connectivity index (χ3n) is 4.24. The Morgan fingerprint density at radius 2 is 2.00 bits per heavy atom. The lowest BCUT2D eigenvalue weighted by Crippen LogP contribution is -2.44. The maximum Gasteiger partial charge on any atom is 0.407 e. The number of piperidine rings is 1. The van der Waals surface area contributed by atoms with Crippen molar-refractivity contribution >= 4 is 6.09 Å². The molecule has 22 heavy (non-hydrogen) atoms. The first-order valence-corrected chi connectivity index (χ1v) is 7.74. The number of carboxylic acid groups (broad SMARTS) is 1. The highest BCUT2D eigenvalue weighted by Crippen LogP contribution is 2.23. The lowest BCUT2D eigenvalue weighted by molar-refractivity contribution is 0.106. The summed E-state index contributed by atoms with van der Waals surface area (Å²) in [7, 11) is 0. The van der Waals surface area contributed by atoms with Gasteiger partial charge in [0, 0.05) is 30.9 Å². The number of pyridine rings is 1. The van der Waals surface area contributed by atoms with Crippen molar-refractivity contribution in [3.05, 3.63) is 54.4 Å². The zero-order valence-corrected chi connectivity index (χ0v) is 12.5. The first kappa shape index (κ1) is 14.6. The van der Waals surface area contributed by atoms with E-state index >= 15 is 0 Å². The second-order valence-corrected chi connectivity index (χ2v) is 5.73. The van der Waals surface area contributed by atoms with Gasteiger partial charge in [-0.3, -0.25) is 4.98 Å². The Bertz CT molecular complexity index is 643. The van der Waals surface area contributed by atoms with Crippen molar-refractivity contribution < 1.29 is 9.90 Å². The van der Waals surface area contributed by atoms with Crippen LogP contribution >= 0.6 is 0 Å². The minimum absolute atomic E-state index is 0.0461. The van der Waals surface area contributed by atoms with Crippen molar-refractivity contribution in [2.24, 2.45) is 0 Å². The molecule has 0 saturated carbocycles. The lowest BCUT2D eigenvalue weighted by Gasteiger charge is -2.33. The van der Waals surface area contributed by atoms with Crippen LogP contribution in [0.5, 0.6) is 0 Å². The average Bonchev–Trinajstić information content (AvgIpc) is 2.56. The molecule has 1 unspecified atom stereocenters. The van der Waals surface area contributed by atoms with Crippen molar-refractivity contribution in [3.63, 3.8) is 0 Å². The van der Waals surface area contributed by atoms with Gasteiger partial charge in [-0.15, -0.1) is 0 Å². The number of likely N-dealkylation sites (tertiary alicyclic amines) is 1. The van der Waals surface area contributed by atoms with E-state index in [2.05, 4.69) is 23.2 Å². The Morgan fingerprint density at radius 1 is 1.18 bits per heavy atom. The third-order valence-corrected chi connectivity index (χ3v) is 4.24. The first-order chi connectivity index (χ1) is 10.7. The van der Waals surface area contributed by atoms with Gasteiger partial charge in [0.15, 0.2) is 0 Å². The van der Waals surface area contributed by atoms with Crippen LogP contribution in [0.1, 0.15) is 25.0 Å². The smallest absolute Gasteiger partial charge is 0.407 e. The summed E-state index contributed by atoms with van der Waals surface area (Å²) < 4.78 is 0. The van der Waals surface area contributed by atoms with E-state index in [1.165, 1.54) is 0 Å². The molecule has 0 spiro atoms. The number of hydrogen-bond donors (Lipinski definition) is 1. The number of hydrogen-bond acceptors (Lipinski definition) is 2. The molecule has 1 aromatic heterocycles. The summed E-state index contributed by atoms with van der Waals surface area (Å²) in [5.41, 5.74) is 3.24. The molecule has 1 fully saturated rings. The van der Waals surface area contributed by atoms with Crippen LogP contribution in [0.3, 0.4) is 0 Å². The second kappa shape index (κ2) is 6.60. The fourth-order valence-corrected chi connectivity index (χ4v) is 3.11. The van der Waals surface area contributed by atoms with Gasteiger partial charge < -0.3 is 10.0 Å². The van der Waals surface area contributed by atoms with E-state index in [0.717, 1.165) is 36.1 Å². The van der Waals surface area contributed by atoms with Gasteiger partial charge in [-0.25, -0.2) is 4.79 Å². The highest BCUT2D eigenvalue weighted by Gasteiger charge is 2.26. The average molecular weight is 296 g/mol. The van der Waals surface area contributed by atoms with Crippen molar-refractivity contribution in [2.45, 2.75) is 31.7 Å². The van der Waals surface area contributed by atoms with Crippen molar-refractivity contribution in [1.82, 2.24) is 9.88 Å². The molecular weight excluding hydrogens is 276 g/mol. The molecule has 0 aliphatic carbocycles. The summed E-state index contributed by atoms with van der Waals surface area (Å²) >= 11 is 0. The van der Waals surface area contributed by atoms with E-state index < -0.39 is 6.09 Å². The van der Waals surface area contributed by atoms with E-state index in [9.17, 15) is 9.90 Å². The topological polar surface area (TPSA) is 53.4 Å². The molecule has 4 nitrogen and oxygen atoms in total. The van der Waals surface area contributed by atoms with Crippen molar-refractivity contribution in [2.75, 3.05) is 6.54 Å². The van der Waals surface area contributed by atoms with E-state index in [0.29, 0.717) is 13.0 Å². The molecule has 1 atom stereocenters. The molecule has 0 bridgehead atoms. The molecule has 1 amide bonds. The molecule has 2 heterocycles. The molecule has 114 valence electrons. The van der Waals surface area contributed by atoms with Crippen molar-refractivity contribution in [1.29, 1.82) is 0 Å².